The Morgan fingerprint density at radius 3 is 2.24 bits per heavy atom. The van der Waals surface area contributed by atoms with Gasteiger partial charge in [-0.25, -0.2) is 18.5 Å². The lowest BCUT2D eigenvalue weighted by molar-refractivity contribution is -0.0488. The first-order chi connectivity index (χ1) is 17.6. The van der Waals surface area contributed by atoms with Gasteiger partial charge in [0.05, 0.1) is 13.2 Å². The average Bonchev–Trinajstić information content (AvgIpc) is 3.44. The van der Waals surface area contributed by atoms with E-state index in [4.69, 9.17) is 27.6 Å². The number of ether oxygens (including phenoxy) is 2. The van der Waals surface area contributed by atoms with Crippen LogP contribution >= 0.6 is 23.5 Å². The highest BCUT2D eigenvalue weighted by Gasteiger charge is 2.44. The number of nitrogens with one attached hydrogen (secondary N) is 1. The van der Waals surface area contributed by atoms with E-state index >= 15 is 0 Å². The summed E-state index contributed by atoms with van der Waals surface area (Å²) in [6.07, 6.45) is -4.52. The number of hydrogen-bond donors (Lipinski definition) is 4. The minimum atomic E-state index is -4.88. The van der Waals surface area contributed by atoms with Crippen LogP contribution in [0.1, 0.15) is 24.6 Å². The lowest BCUT2D eigenvalue weighted by Crippen LogP contribution is -2.33. The summed E-state index contributed by atoms with van der Waals surface area (Å²) in [5.41, 5.74) is -1.28. The minimum absolute atomic E-state index is 0.116. The van der Waals surface area contributed by atoms with Crippen molar-refractivity contribution in [2.24, 2.45) is 0 Å². The molecule has 18 nitrogen and oxygen atoms in total. The lowest BCUT2D eigenvalue weighted by Gasteiger charge is -2.24. The molecule has 1 aromatic heterocycles. The average molecular weight is 610 g/mol. The monoisotopic (exact) mass is 610 g/mol. The zero-order valence-corrected chi connectivity index (χ0v) is 23.1. The highest BCUT2D eigenvalue weighted by atomic mass is 31.2. The topological polar surface area (TPSA) is 241 Å². The molecule has 21 heteroatoms. The van der Waals surface area contributed by atoms with Crippen molar-refractivity contribution in [1.82, 2.24) is 9.55 Å². The van der Waals surface area contributed by atoms with Gasteiger partial charge in [-0.15, -0.1) is 0 Å². The van der Waals surface area contributed by atoms with Crippen molar-refractivity contribution in [3.05, 3.63) is 32.6 Å². The number of nitrogens with zero attached hydrogens (tertiary/aromatic N) is 1. The second-order valence-electron chi connectivity index (χ2n) is 8.19. The highest BCUT2D eigenvalue weighted by Crippen LogP contribution is 2.51. The Hall–Kier alpha value is -1.07. The van der Waals surface area contributed by atoms with Crippen LogP contribution in [-0.4, -0.2) is 82.7 Å². The maximum absolute atomic E-state index is 12.7. The van der Waals surface area contributed by atoms with E-state index in [9.17, 15) is 38.0 Å². The largest absolute Gasteiger partial charge is 0.472 e. The Balaban J connectivity index is 1.71. The molecule has 8 atom stereocenters. The first kappa shape index (κ1) is 31.5. The van der Waals surface area contributed by atoms with E-state index in [1.54, 1.807) is 0 Å². The van der Waals surface area contributed by atoms with E-state index < -0.39 is 78.6 Å². The fourth-order valence-electron chi connectivity index (χ4n) is 3.64. The minimum Gasteiger partial charge on any atom is -0.373 e. The Kier molecular flexibility index (Phi) is 10.5. The summed E-state index contributed by atoms with van der Waals surface area (Å²) < 4.78 is 76.9. The molecular weight excluding hydrogens is 581 g/mol. The zero-order valence-electron chi connectivity index (χ0n) is 20.4. The van der Waals surface area contributed by atoms with Crippen molar-refractivity contribution in [3.8, 4) is 0 Å². The zero-order chi connectivity index (χ0) is 28.3. The molecule has 2 fully saturated rings. The summed E-state index contributed by atoms with van der Waals surface area (Å²) in [5, 5.41) is 0. The number of phosphoric ester groups is 3. The summed E-state index contributed by atoms with van der Waals surface area (Å²) in [5.74, 6) is 0. The summed E-state index contributed by atoms with van der Waals surface area (Å²) in [4.78, 5) is 55.5. The SMILES string of the molecule is COP(=O)(O)OC[C@H]1O[C@@H](n2cc(C)c(=O)[nH]c2=O)C[C@H]1OP(=O)(O)OC[C@H]1OCC[C@H]1OP(=O)(O)OC. The summed E-state index contributed by atoms with van der Waals surface area (Å²) in [7, 11) is -11.8. The maximum atomic E-state index is 12.7. The lowest BCUT2D eigenvalue weighted by atomic mass is 10.2. The third kappa shape index (κ3) is 8.46. The molecule has 3 rings (SSSR count). The number of aromatic nitrogens is 2. The first-order valence-corrected chi connectivity index (χ1v) is 15.5. The van der Waals surface area contributed by atoms with E-state index in [-0.39, 0.29) is 25.0 Å². The standard InChI is InChI=1S/C17H29N2O16P3/c1-10-7-19(17(21)18-16(10)20)15-6-12(14(33-15)9-31-36(22,23)28-2)35-38(26,27)32-8-13-11(4-5-30-13)34-37(24,25)29-3/h7,11-15H,4-6,8-9H2,1-3H3,(H,22,23)(H,24,25)(H,26,27)(H,18,20,21)/t11-,12-,13-,14-,15-/m1/s1. The molecule has 0 aliphatic carbocycles. The number of aryl methyl sites for hydroxylation is 1. The van der Waals surface area contributed by atoms with E-state index in [1.807, 2.05) is 0 Å². The molecule has 4 N–H and O–H groups in total. The van der Waals surface area contributed by atoms with Gasteiger partial charge in [0.1, 0.15) is 30.6 Å². The molecule has 0 spiro atoms. The van der Waals surface area contributed by atoms with Gasteiger partial charge >= 0.3 is 29.2 Å². The molecule has 0 radical (unpaired) electrons. The van der Waals surface area contributed by atoms with Gasteiger partial charge in [0, 0.05) is 45.4 Å². The molecule has 2 saturated heterocycles. The predicted molar refractivity (Wildman–Crippen MR) is 124 cm³/mol. The van der Waals surface area contributed by atoms with Gasteiger partial charge in [-0.1, -0.05) is 0 Å². The van der Waals surface area contributed by atoms with Crippen molar-refractivity contribution in [1.29, 1.82) is 0 Å². The Morgan fingerprint density at radius 2 is 1.58 bits per heavy atom. The van der Waals surface area contributed by atoms with Gasteiger partial charge in [0.2, 0.25) is 0 Å². The van der Waals surface area contributed by atoms with Crippen LogP contribution in [0.5, 0.6) is 0 Å². The van der Waals surface area contributed by atoms with Crippen LogP contribution in [0.2, 0.25) is 0 Å². The molecule has 3 unspecified atom stereocenters. The highest BCUT2D eigenvalue weighted by molar-refractivity contribution is 7.47. The molecule has 2 aliphatic heterocycles. The van der Waals surface area contributed by atoms with Crippen LogP contribution < -0.4 is 11.2 Å². The van der Waals surface area contributed by atoms with Crippen LogP contribution in [-0.2, 0) is 50.3 Å². The normalized spacial score (nSPS) is 30.5. The second-order valence-corrected chi connectivity index (χ2v) is 12.7. The summed E-state index contributed by atoms with van der Waals surface area (Å²) in [6.45, 7) is 0.336. The van der Waals surface area contributed by atoms with Crippen LogP contribution in [0.25, 0.3) is 0 Å². The van der Waals surface area contributed by atoms with Gasteiger partial charge in [-0.2, -0.15) is 0 Å². The molecule has 0 aromatic carbocycles. The van der Waals surface area contributed by atoms with Gasteiger partial charge in [0.15, 0.2) is 0 Å². The van der Waals surface area contributed by atoms with Crippen molar-refractivity contribution >= 4 is 23.5 Å². The van der Waals surface area contributed by atoms with Crippen LogP contribution in [0.4, 0.5) is 0 Å². The van der Waals surface area contributed by atoms with E-state index in [1.165, 1.54) is 13.1 Å². The van der Waals surface area contributed by atoms with Gasteiger partial charge in [0.25, 0.3) is 5.56 Å². The van der Waals surface area contributed by atoms with Gasteiger partial charge < -0.3 is 24.2 Å². The van der Waals surface area contributed by atoms with E-state index in [0.717, 1.165) is 18.8 Å². The molecular formula is C17H29N2O16P3. The summed E-state index contributed by atoms with van der Waals surface area (Å²) >= 11 is 0. The molecule has 0 bridgehead atoms. The maximum Gasteiger partial charge on any atom is 0.472 e. The van der Waals surface area contributed by atoms with Gasteiger partial charge in [-0.05, 0) is 6.92 Å². The van der Waals surface area contributed by atoms with Crippen molar-refractivity contribution in [2.75, 3.05) is 34.0 Å². The van der Waals surface area contributed by atoms with Crippen molar-refractivity contribution in [3.63, 3.8) is 0 Å². The fourth-order valence-corrected chi connectivity index (χ4v) is 5.71. The smallest absolute Gasteiger partial charge is 0.373 e. The van der Waals surface area contributed by atoms with Gasteiger partial charge in [-0.3, -0.25) is 41.5 Å². The number of phosphoric acid groups is 3. The van der Waals surface area contributed by atoms with E-state index in [2.05, 4.69) is 14.0 Å². The third-order valence-electron chi connectivity index (χ3n) is 5.59. The number of rotatable bonds is 13. The molecule has 2 aliphatic rings. The summed E-state index contributed by atoms with van der Waals surface area (Å²) in [6, 6.07) is 0. The second kappa shape index (κ2) is 12.6. The Labute approximate surface area is 215 Å². The Morgan fingerprint density at radius 1 is 0.974 bits per heavy atom. The van der Waals surface area contributed by atoms with Crippen LogP contribution in [0.15, 0.2) is 15.8 Å². The molecule has 38 heavy (non-hydrogen) atoms. The van der Waals surface area contributed by atoms with Crippen LogP contribution in [0.3, 0.4) is 0 Å². The fraction of sp³-hybridized carbons (Fsp3) is 0.765. The predicted octanol–water partition coefficient (Wildman–Crippen LogP) is 0.319. The number of aromatic amines is 1. The van der Waals surface area contributed by atoms with Crippen molar-refractivity contribution < 1.29 is 65.0 Å². The Bertz CT molecular complexity index is 1230. The third-order valence-corrected chi connectivity index (χ3v) is 8.54. The molecule has 0 amide bonds. The number of hydrogen-bond acceptors (Lipinski definition) is 13. The molecule has 218 valence electrons. The molecule has 1 aromatic rings. The molecule has 3 heterocycles. The van der Waals surface area contributed by atoms with Crippen molar-refractivity contribution in [2.45, 2.75) is 50.4 Å². The molecule has 0 saturated carbocycles. The number of H-pyrrole nitrogens is 1. The van der Waals surface area contributed by atoms with Crippen LogP contribution in [0, 0.1) is 6.92 Å². The first-order valence-electron chi connectivity index (χ1n) is 11.0. The quantitative estimate of drug-likeness (QED) is 0.220. The van der Waals surface area contributed by atoms with E-state index in [0.29, 0.717) is 0 Å².